The molecule has 1 fully saturated rings. The first-order valence-corrected chi connectivity index (χ1v) is 9.79. The van der Waals surface area contributed by atoms with Crippen LogP contribution in [0.4, 0.5) is 26.3 Å². The molecule has 0 spiro atoms. The Labute approximate surface area is 179 Å². The standard InChI is InChI=1S/C21H18ClF6NO2/c22-16-12(3-2-6-15(16)24)18(20(31)9-7-11(23)8-10-20)29-19(30)13-4-1-5-14(17(13)25)21(26,27)28/h1-6,11,18,31H,7-10H2,(H,29,30)/t11-,18?,20+. The maximum Gasteiger partial charge on any atom is 0.419 e. The normalized spacial score (nSPS) is 22.8. The van der Waals surface area contributed by atoms with Gasteiger partial charge in [0.25, 0.3) is 5.91 Å². The van der Waals surface area contributed by atoms with Gasteiger partial charge in [0.15, 0.2) is 0 Å². The first-order chi connectivity index (χ1) is 14.4. The smallest absolute Gasteiger partial charge is 0.387 e. The number of halogens is 7. The van der Waals surface area contributed by atoms with Gasteiger partial charge < -0.3 is 10.4 Å². The molecule has 1 atom stereocenters. The van der Waals surface area contributed by atoms with Crippen LogP contribution >= 0.6 is 11.6 Å². The third-order valence-electron chi connectivity index (χ3n) is 5.43. The second-order valence-electron chi connectivity index (χ2n) is 7.49. The minimum Gasteiger partial charge on any atom is -0.387 e. The van der Waals surface area contributed by atoms with Gasteiger partial charge in [0.2, 0.25) is 0 Å². The molecule has 1 unspecified atom stereocenters. The number of hydrogen-bond donors (Lipinski definition) is 2. The topological polar surface area (TPSA) is 49.3 Å². The summed E-state index contributed by atoms with van der Waals surface area (Å²) in [5, 5.41) is 13.0. The van der Waals surface area contributed by atoms with E-state index in [4.69, 9.17) is 11.6 Å². The Balaban J connectivity index is 2.02. The van der Waals surface area contributed by atoms with Gasteiger partial charge in [-0.05, 0) is 49.4 Å². The number of benzene rings is 2. The fourth-order valence-electron chi connectivity index (χ4n) is 3.75. The molecule has 0 radical (unpaired) electrons. The van der Waals surface area contributed by atoms with Crippen molar-refractivity contribution < 1.29 is 36.2 Å². The van der Waals surface area contributed by atoms with Crippen LogP contribution in [-0.4, -0.2) is 22.8 Å². The largest absolute Gasteiger partial charge is 0.419 e. The highest BCUT2D eigenvalue weighted by atomic mass is 35.5. The summed E-state index contributed by atoms with van der Waals surface area (Å²) in [7, 11) is 0. The van der Waals surface area contributed by atoms with Gasteiger partial charge in [-0.1, -0.05) is 29.8 Å². The van der Waals surface area contributed by atoms with E-state index in [1.807, 2.05) is 0 Å². The van der Waals surface area contributed by atoms with Crippen molar-refractivity contribution in [1.82, 2.24) is 5.32 Å². The molecule has 1 amide bonds. The van der Waals surface area contributed by atoms with E-state index in [1.54, 1.807) is 0 Å². The lowest BCUT2D eigenvalue weighted by Crippen LogP contribution is -2.49. The van der Waals surface area contributed by atoms with Gasteiger partial charge in [0.05, 0.1) is 27.8 Å². The van der Waals surface area contributed by atoms with Crippen molar-refractivity contribution in [3.63, 3.8) is 0 Å². The lowest BCUT2D eigenvalue weighted by molar-refractivity contribution is -0.140. The minimum atomic E-state index is -5.02. The molecule has 10 heteroatoms. The highest BCUT2D eigenvalue weighted by Gasteiger charge is 2.44. The number of amides is 1. The van der Waals surface area contributed by atoms with Crippen molar-refractivity contribution in [2.24, 2.45) is 0 Å². The molecule has 168 valence electrons. The molecule has 2 aromatic rings. The van der Waals surface area contributed by atoms with Crippen LogP contribution in [0.15, 0.2) is 36.4 Å². The van der Waals surface area contributed by atoms with Crippen LogP contribution in [0.25, 0.3) is 0 Å². The zero-order valence-electron chi connectivity index (χ0n) is 15.9. The van der Waals surface area contributed by atoms with Gasteiger partial charge in [-0.2, -0.15) is 13.2 Å². The predicted molar refractivity (Wildman–Crippen MR) is 101 cm³/mol. The number of carbonyl (C=O) groups is 1. The fraction of sp³-hybridized carbons (Fsp3) is 0.381. The van der Waals surface area contributed by atoms with E-state index in [-0.39, 0.29) is 31.2 Å². The summed E-state index contributed by atoms with van der Waals surface area (Å²) in [6.07, 6.45) is -6.56. The Hall–Kier alpha value is -2.26. The molecule has 0 bridgehead atoms. The average molecular weight is 466 g/mol. The zero-order chi connectivity index (χ0) is 23.0. The van der Waals surface area contributed by atoms with Gasteiger partial charge in [0.1, 0.15) is 17.8 Å². The Morgan fingerprint density at radius 3 is 2.35 bits per heavy atom. The van der Waals surface area contributed by atoms with Crippen molar-refractivity contribution in [2.45, 2.75) is 49.7 Å². The Kier molecular flexibility index (Phi) is 6.57. The van der Waals surface area contributed by atoms with Gasteiger partial charge in [0, 0.05) is 0 Å². The predicted octanol–water partition coefficient (Wildman–Crippen LogP) is 5.75. The molecule has 31 heavy (non-hydrogen) atoms. The van der Waals surface area contributed by atoms with Crippen molar-refractivity contribution >= 4 is 17.5 Å². The monoisotopic (exact) mass is 465 g/mol. The van der Waals surface area contributed by atoms with Gasteiger partial charge in [-0.15, -0.1) is 0 Å². The molecule has 0 aromatic heterocycles. The van der Waals surface area contributed by atoms with Gasteiger partial charge >= 0.3 is 6.18 Å². The minimum absolute atomic E-state index is 0.0479. The number of aliphatic hydroxyl groups is 1. The highest BCUT2D eigenvalue weighted by Crippen LogP contribution is 2.42. The van der Waals surface area contributed by atoms with Crippen molar-refractivity contribution in [2.75, 3.05) is 0 Å². The summed E-state index contributed by atoms with van der Waals surface area (Å²) in [5.41, 5.74) is -4.36. The van der Waals surface area contributed by atoms with Gasteiger partial charge in [-0.25, -0.2) is 13.2 Å². The van der Waals surface area contributed by atoms with Crippen LogP contribution in [0.1, 0.15) is 53.2 Å². The summed E-state index contributed by atoms with van der Waals surface area (Å²) >= 11 is 6.01. The van der Waals surface area contributed by atoms with Crippen molar-refractivity contribution in [3.8, 4) is 0 Å². The number of alkyl halides is 4. The Morgan fingerprint density at radius 1 is 1.13 bits per heavy atom. The summed E-state index contributed by atoms with van der Waals surface area (Å²) < 4.78 is 81.1. The molecule has 0 saturated heterocycles. The van der Waals surface area contributed by atoms with Crippen LogP contribution in [0.3, 0.4) is 0 Å². The van der Waals surface area contributed by atoms with Crippen LogP contribution in [0, 0.1) is 11.6 Å². The number of carbonyl (C=O) groups excluding carboxylic acids is 1. The third kappa shape index (κ3) is 4.82. The molecular weight excluding hydrogens is 448 g/mol. The first kappa shape index (κ1) is 23.4. The van der Waals surface area contributed by atoms with Crippen molar-refractivity contribution in [1.29, 1.82) is 0 Å². The second kappa shape index (κ2) is 8.70. The molecule has 0 heterocycles. The zero-order valence-corrected chi connectivity index (χ0v) is 16.7. The average Bonchev–Trinajstić information content (AvgIpc) is 2.70. The molecule has 1 aliphatic rings. The highest BCUT2D eigenvalue weighted by molar-refractivity contribution is 6.31. The van der Waals surface area contributed by atoms with E-state index < -0.39 is 57.7 Å². The lowest BCUT2D eigenvalue weighted by atomic mass is 9.76. The molecule has 3 rings (SSSR count). The molecule has 2 aromatic carbocycles. The SMILES string of the molecule is O=C(NC(c1cccc(F)c1Cl)[C@]1(O)CC[C@@H](F)CC1)c1cccc(C(F)(F)F)c1F. The van der Waals surface area contributed by atoms with Crippen LogP contribution in [0.2, 0.25) is 5.02 Å². The molecule has 1 saturated carbocycles. The van der Waals surface area contributed by atoms with Crippen LogP contribution < -0.4 is 5.32 Å². The van der Waals surface area contributed by atoms with Crippen LogP contribution in [0.5, 0.6) is 0 Å². The van der Waals surface area contributed by atoms with Crippen molar-refractivity contribution in [3.05, 3.63) is 69.7 Å². The second-order valence-corrected chi connectivity index (χ2v) is 7.87. The maximum absolute atomic E-state index is 14.4. The maximum atomic E-state index is 14.4. The Bertz CT molecular complexity index is 973. The van der Waals surface area contributed by atoms with E-state index in [9.17, 15) is 36.2 Å². The molecular formula is C21H18ClF6NO2. The third-order valence-corrected chi connectivity index (χ3v) is 5.83. The van der Waals surface area contributed by atoms with E-state index >= 15 is 0 Å². The molecule has 3 nitrogen and oxygen atoms in total. The number of hydrogen-bond acceptors (Lipinski definition) is 2. The molecule has 0 aliphatic heterocycles. The Morgan fingerprint density at radius 2 is 1.74 bits per heavy atom. The summed E-state index contributed by atoms with van der Waals surface area (Å²) in [4.78, 5) is 12.7. The summed E-state index contributed by atoms with van der Waals surface area (Å²) in [6, 6.07) is 4.43. The number of nitrogens with one attached hydrogen (secondary N) is 1. The van der Waals surface area contributed by atoms with E-state index in [2.05, 4.69) is 5.32 Å². The van der Waals surface area contributed by atoms with Gasteiger partial charge in [-0.3, -0.25) is 4.79 Å². The summed E-state index contributed by atoms with van der Waals surface area (Å²) in [6.45, 7) is 0. The van der Waals surface area contributed by atoms with E-state index in [0.717, 1.165) is 18.2 Å². The lowest BCUT2D eigenvalue weighted by Gasteiger charge is -2.41. The van der Waals surface area contributed by atoms with E-state index in [1.165, 1.54) is 12.1 Å². The first-order valence-electron chi connectivity index (χ1n) is 9.41. The number of rotatable bonds is 4. The van der Waals surface area contributed by atoms with Crippen LogP contribution in [-0.2, 0) is 6.18 Å². The quantitative estimate of drug-likeness (QED) is 0.565. The molecule has 1 aliphatic carbocycles. The fourth-order valence-corrected chi connectivity index (χ4v) is 3.99. The molecule has 2 N–H and O–H groups in total. The van der Waals surface area contributed by atoms with E-state index in [0.29, 0.717) is 6.07 Å². The summed E-state index contributed by atoms with van der Waals surface area (Å²) in [5.74, 6) is -3.90.